The van der Waals surface area contributed by atoms with Crippen molar-refractivity contribution < 1.29 is 19.1 Å². The summed E-state index contributed by atoms with van der Waals surface area (Å²) in [7, 11) is 1.34. The molecule has 1 aromatic heterocycles. The number of nitrogens with one attached hydrogen (secondary N) is 1. The lowest BCUT2D eigenvalue weighted by Crippen LogP contribution is -2.12. The van der Waals surface area contributed by atoms with Gasteiger partial charge in [-0.25, -0.2) is 4.79 Å². The van der Waals surface area contributed by atoms with Crippen molar-refractivity contribution in [2.75, 3.05) is 7.11 Å². The molecule has 2 aromatic rings. The molecule has 1 N–H and O–H groups in total. The Labute approximate surface area is 129 Å². The average Bonchev–Trinajstić information content (AvgIpc) is 2.93. The smallest absolute Gasteiger partial charge is 0.355 e. The molecule has 0 amide bonds. The molecule has 0 spiro atoms. The number of rotatable bonds is 5. The lowest BCUT2D eigenvalue weighted by molar-refractivity contribution is -0.142. The third-order valence-electron chi connectivity index (χ3n) is 3.62. The lowest BCUT2D eigenvalue weighted by atomic mass is 10.00. The topological polar surface area (TPSA) is 68.4 Å². The van der Waals surface area contributed by atoms with Crippen molar-refractivity contribution in [3.05, 3.63) is 58.9 Å². The van der Waals surface area contributed by atoms with E-state index in [9.17, 15) is 9.59 Å². The van der Waals surface area contributed by atoms with Crippen molar-refractivity contribution in [1.29, 1.82) is 0 Å². The van der Waals surface area contributed by atoms with Gasteiger partial charge < -0.3 is 14.5 Å². The summed E-state index contributed by atoms with van der Waals surface area (Å²) in [5, 5.41) is 0. The molecule has 0 radical (unpaired) electrons. The maximum Gasteiger partial charge on any atom is 0.355 e. The van der Waals surface area contributed by atoms with Gasteiger partial charge >= 0.3 is 11.9 Å². The molecule has 5 nitrogen and oxygen atoms in total. The van der Waals surface area contributed by atoms with Gasteiger partial charge in [0.25, 0.3) is 0 Å². The van der Waals surface area contributed by atoms with E-state index >= 15 is 0 Å². The van der Waals surface area contributed by atoms with Crippen LogP contribution in [0, 0.1) is 6.92 Å². The van der Waals surface area contributed by atoms with Crippen molar-refractivity contribution in [3.8, 4) is 0 Å². The number of aromatic nitrogens is 1. The Morgan fingerprint density at radius 3 is 2.55 bits per heavy atom. The van der Waals surface area contributed by atoms with Crippen LogP contribution in [0.2, 0.25) is 0 Å². The highest BCUT2D eigenvalue weighted by Gasteiger charge is 2.23. The molecule has 1 atom stereocenters. The zero-order chi connectivity index (χ0) is 16.1. The number of aromatic amines is 1. The van der Waals surface area contributed by atoms with Crippen LogP contribution < -0.4 is 0 Å². The molecule has 116 valence electrons. The minimum Gasteiger partial charge on any atom is -0.469 e. The molecule has 0 saturated heterocycles. The van der Waals surface area contributed by atoms with E-state index in [0.717, 1.165) is 11.1 Å². The van der Waals surface area contributed by atoms with Crippen LogP contribution in [0.5, 0.6) is 0 Å². The Bertz CT molecular complexity index is 661. The van der Waals surface area contributed by atoms with Gasteiger partial charge in [0.2, 0.25) is 0 Å². The monoisotopic (exact) mass is 301 g/mol. The molecule has 1 unspecified atom stereocenters. The molecule has 1 heterocycles. The van der Waals surface area contributed by atoms with Gasteiger partial charge in [0.1, 0.15) is 12.3 Å². The van der Waals surface area contributed by atoms with Gasteiger partial charge in [-0.1, -0.05) is 30.3 Å². The van der Waals surface area contributed by atoms with Crippen LogP contribution in [0.4, 0.5) is 0 Å². The zero-order valence-electron chi connectivity index (χ0n) is 12.9. The summed E-state index contributed by atoms with van der Waals surface area (Å²) in [6, 6.07) is 9.46. The van der Waals surface area contributed by atoms with Crippen molar-refractivity contribution in [3.63, 3.8) is 0 Å². The zero-order valence-corrected chi connectivity index (χ0v) is 12.9. The SMILES string of the molecule is COC(=O)C(C)c1c[nH]c(C(=O)OCc2ccccc2)c1C. The summed E-state index contributed by atoms with van der Waals surface area (Å²) in [5.74, 6) is -1.21. The fourth-order valence-corrected chi connectivity index (χ4v) is 2.27. The fraction of sp³-hybridized carbons (Fsp3) is 0.294. The van der Waals surface area contributed by atoms with Crippen molar-refractivity contribution >= 4 is 11.9 Å². The number of carbonyl (C=O) groups is 2. The van der Waals surface area contributed by atoms with Crippen LogP contribution >= 0.6 is 0 Å². The van der Waals surface area contributed by atoms with E-state index in [1.54, 1.807) is 20.0 Å². The van der Waals surface area contributed by atoms with E-state index in [-0.39, 0.29) is 12.6 Å². The Kier molecular flexibility index (Phi) is 4.99. The standard InChI is InChI=1S/C17H19NO4/c1-11-14(12(2)16(19)21-3)9-18-15(11)17(20)22-10-13-7-5-4-6-8-13/h4-9,12,18H,10H2,1-3H3. The number of benzene rings is 1. The summed E-state index contributed by atoms with van der Waals surface area (Å²) >= 11 is 0. The largest absolute Gasteiger partial charge is 0.469 e. The third kappa shape index (κ3) is 3.36. The third-order valence-corrected chi connectivity index (χ3v) is 3.62. The van der Waals surface area contributed by atoms with Gasteiger partial charge in [-0.15, -0.1) is 0 Å². The highest BCUT2D eigenvalue weighted by Crippen LogP contribution is 2.23. The molecule has 0 aliphatic carbocycles. The molecule has 0 bridgehead atoms. The fourth-order valence-electron chi connectivity index (χ4n) is 2.27. The Morgan fingerprint density at radius 1 is 1.23 bits per heavy atom. The van der Waals surface area contributed by atoms with E-state index < -0.39 is 11.9 Å². The molecule has 0 aliphatic rings. The van der Waals surface area contributed by atoms with Crippen LogP contribution in [-0.2, 0) is 20.9 Å². The number of esters is 2. The first-order valence-electron chi connectivity index (χ1n) is 7.01. The van der Waals surface area contributed by atoms with E-state index in [2.05, 4.69) is 4.98 Å². The van der Waals surface area contributed by atoms with E-state index in [4.69, 9.17) is 9.47 Å². The van der Waals surface area contributed by atoms with Crippen LogP contribution in [0.3, 0.4) is 0 Å². The normalized spacial score (nSPS) is 11.8. The molecule has 0 saturated carbocycles. The highest BCUT2D eigenvalue weighted by molar-refractivity contribution is 5.90. The van der Waals surface area contributed by atoms with E-state index in [1.165, 1.54) is 7.11 Å². The molecular weight excluding hydrogens is 282 g/mol. The second-order valence-electron chi connectivity index (χ2n) is 5.05. The number of ether oxygens (including phenoxy) is 2. The number of methoxy groups -OCH3 is 1. The van der Waals surface area contributed by atoms with Gasteiger partial charge in [-0.05, 0) is 30.5 Å². The Balaban J connectivity index is 2.08. The first kappa shape index (κ1) is 15.8. The molecular formula is C17H19NO4. The highest BCUT2D eigenvalue weighted by atomic mass is 16.5. The molecule has 1 aromatic carbocycles. The van der Waals surface area contributed by atoms with Gasteiger partial charge in [0.05, 0.1) is 13.0 Å². The predicted molar refractivity (Wildman–Crippen MR) is 81.5 cm³/mol. The second kappa shape index (κ2) is 6.93. The first-order valence-corrected chi connectivity index (χ1v) is 7.01. The summed E-state index contributed by atoms with van der Waals surface area (Å²) in [6.07, 6.45) is 1.65. The van der Waals surface area contributed by atoms with Crippen LogP contribution in [-0.4, -0.2) is 24.0 Å². The molecule has 22 heavy (non-hydrogen) atoms. The average molecular weight is 301 g/mol. The summed E-state index contributed by atoms with van der Waals surface area (Å²) < 4.78 is 10.0. The van der Waals surface area contributed by atoms with Gasteiger partial charge in [0.15, 0.2) is 0 Å². The maximum atomic E-state index is 12.1. The Morgan fingerprint density at radius 2 is 1.91 bits per heavy atom. The minimum absolute atomic E-state index is 0.208. The van der Waals surface area contributed by atoms with Gasteiger partial charge in [0, 0.05) is 6.20 Å². The molecule has 2 rings (SSSR count). The summed E-state index contributed by atoms with van der Waals surface area (Å²) in [4.78, 5) is 26.6. The van der Waals surface area contributed by atoms with Crippen molar-refractivity contribution in [1.82, 2.24) is 4.98 Å². The minimum atomic E-state index is -0.440. The second-order valence-corrected chi connectivity index (χ2v) is 5.05. The predicted octanol–water partition coefficient (Wildman–Crippen LogP) is 2.96. The Hall–Kier alpha value is -2.56. The summed E-state index contributed by atoms with van der Waals surface area (Å²) in [6.45, 7) is 3.73. The van der Waals surface area contributed by atoms with Crippen LogP contribution in [0.15, 0.2) is 36.5 Å². The number of H-pyrrole nitrogens is 1. The van der Waals surface area contributed by atoms with Crippen molar-refractivity contribution in [2.45, 2.75) is 26.4 Å². The molecule has 5 heteroatoms. The molecule has 0 aliphatic heterocycles. The van der Waals surface area contributed by atoms with Crippen molar-refractivity contribution in [2.24, 2.45) is 0 Å². The van der Waals surface area contributed by atoms with Crippen LogP contribution in [0.25, 0.3) is 0 Å². The first-order chi connectivity index (χ1) is 10.5. The number of hydrogen-bond acceptors (Lipinski definition) is 4. The van der Waals surface area contributed by atoms with Crippen LogP contribution in [0.1, 0.15) is 40.0 Å². The van der Waals surface area contributed by atoms with E-state index in [0.29, 0.717) is 11.3 Å². The van der Waals surface area contributed by atoms with Gasteiger partial charge in [-0.2, -0.15) is 0 Å². The number of carbonyl (C=O) groups excluding carboxylic acids is 2. The number of hydrogen-bond donors (Lipinski definition) is 1. The van der Waals surface area contributed by atoms with E-state index in [1.807, 2.05) is 30.3 Å². The maximum absolute atomic E-state index is 12.1. The van der Waals surface area contributed by atoms with Gasteiger partial charge in [-0.3, -0.25) is 4.79 Å². The lowest BCUT2D eigenvalue weighted by Gasteiger charge is -2.09. The molecule has 0 fully saturated rings. The summed E-state index contributed by atoms with van der Waals surface area (Å²) in [5.41, 5.74) is 2.72. The quantitative estimate of drug-likeness (QED) is 0.862.